The second kappa shape index (κ2) is 9.58. The van der Waals surface area contributed by atoms with Crippen LogP contribution in [0.2, 0.25) is 0 Å². The SMILES string of the molecule is CCNC(=O)NC(=O)[C@H](OC(=O)CCc1cccs1)c1ccccc1. The minimum absolute atomic E-state index is 0.165. The summed E-state index contributed by atoms with van der Waals surface area (Å²) in [7, 11) is 0. The predicted molar refractivity (Wildman–Crippen MR) is 95.1 cm³/mol. The van der Waals surface area contributed by atoms with Crippen LogP contribution in [0.1, 0.15) is 29.9 Å². The molecule has 2 aromatic rings. The van der Waals surface area contributed by atoms with Gasteiger partial charge in [0.05, 0.1) is 6.42 Å². The Morgan fingerprint density at radius 2 is 1.88 bits per heavy atom. The van der Waals surface area contributed by atoms with E-state index >= 15 is 0 Å². The van der Waals surface area contributed by atoms with Crippen molar-refractivity contribution in [2.45, 2.75) is 25.9 Å². The summed E-state index contributed by atoms with van der Waals surface area (Å²) in [4.78, 5) is 37.1. The van der Waals surface area contributed by atoms with E-state index in [9.17, 15) is 14.4 Å². The van der Waals surface area contributed by atoms with E-state index in [0.29, 0.717) is 18.5 Å². The molecule has 1 atom stereocenters. The Bertz CT molecular complexity index is 701. The van der Waals surface area contributed by atoms with Gasteiger partial charge in [-0.05, 0) is 24.8 Å². The summed E-state index contributed by atoms with van der Waals surface area (Å²) in [6.07, 6.45) is -0.450. The van der Waals surface area contributed by atoms with Crippen molar-refractivity contribution in [1.82, 2.24) is 10.6 Å². The Kier molecular flexibility index (Phi) is 7.16. The first-order chi connectivity index (χ1) is 12.1. The highest BCUT2D eigenvalue weighted by Crippen LogP contribution is 2.19. The van der Waals surface area contributed by atoms with Gasteiger partial charge in [0.2, 0.25) is 6.10 Å². The van der Waals surface area contributed by atoms with Crippen LogP contribution >= 0.6 is 11.3 Å². The third-order valence-corrected chi connectivity index (χ3v) is 4.26. The highest BCUT2D eigenvalue weighted by atomic mass is 32.1. The number of thiophene rings is 1. The summed E-state index contributed by atoms with van der Waals surface area (Å²) in [6.45, 7) is 2.12. The van der Waals surface area contributed by atoms with Gasteiger partial charge in [0.15, 0.2) is 0 Å². The first kappa shape index (κ1) is 18.7. The molecule has 3 amide bonds. The molecule has 132 valence electrons. The number of carbonyl (C=O) groups excluding carboxylic acids is 3. The second-order valence-corrected chi connectivity index (χ2v) is 6.24. The molecule has 0 aliphatic carbocycles. The molecule has 0 spiro atoms. The maximum absolute atomic E-state index is 12.4. The van der Waals surface area contributed by atoms with Crippen LogP contribution in [0.15, 0.2) is 47.8 Å². The van der Waals surface area contributed by atoms with Crippen molar-refractivity contribution in [3.63, 3.8) is 0 Å². The maximum atomic E-state index is 12.4. The van der Waals surface area contributed by atoms with Crippen molar-refractivity contribution in [2.75, 3.05) is 6.54 Å². The number of carbonyl (C=O) groups is 3. The van der Waals surface area contributed by atoms with Gasteiger partial charge >= 0.3 is 12.0 Å². The van der Waals surface area contributed by atoms with Crippen LogP contribution in [-0.4, -0.2) is 24.5 Å². The van der Waals surface area contributed by atoms with E-state index in [1.807, 2.05) is 17.5 Å². The molecule has 2 rings (SSSR count). The number of imide groups is 1. The normalized spacial score (nSPS) is 11.4. The van der Waals surface area contributed by atoms with Gasteiger partial charge in [0.1, 0.15) is 0 Å². The van der Waals surface area contributed by atoms with Crippen molar-refractivity contribution in [1.29, 1.82) is 0 Å². The Morgan fingerprint density at radius 1 is 1.12 bits per heavy atom. The van der Waals surface area contributed by atoms with Crippen molar-refractivity contribution < 1.29 is 19.1 Å². The molecular formula is C18H20N2O4S. The lowest BCUT2D eigenvalue weighted by Gasteiger charge is -2.17. The third-order valence-electron chi connectivity index (χ3n) is 3.32. The molecular weight excluding hydrogens is 340 g/mol. The minimum Gasteiger partial charge on any atom is -0.447 e. The molecule has 1 aromatic heterocycles. The van der Waals surface area contributed by atoms with E-state index in [-0.39, 0.29) is 6.42 Å². The lowest BCUT2D eigenvalue weighted by molar-refractivity contribution is -0.156. The number of ether oxygens (including phenoxy) is 1. The van der Waals surface area contributed by atoms with E-state index < -0.39 is 24.0 Å². The van der Waals surface area contributed by atoms with E-state index in [2.05, 4.69) is 10.6 Å². The van der Waals surface area contributed by atoms with Crippen LogP contribution in [-0.2, 0) is 20.7 Å². The fourth-order valence-electron chi connectivity index (χ4n) is 2.15. The summed E-state index contributed by atoms with van der Waals surface area (Å²) in [6, 6.07) is 11.8. The smallest absolute Gasteiger partial charge is 0.321 e. The van der Waals surface area contributed by atoms with E-state index in [4.69, 9.17) is 4.74 Å². The van der Waals surface area contributed by atoms with E-state index in [1.165, 1.54) is 0 Å². The standard InChI is InChI=1S/C18H20N2O4S/c1-2-19-18(23)20-17(22)16(13-7-4-3-5-8-13)24-15(21)11-10-14-9-6-12-25-14/h3-9,12,16H,2,10-11H2,1H3,(H2,19,20,22,23)/t16-/m1/s1. The largest absolute Gasteiger partial charge is 0.447 e. The summed E-state index contributed by atoms with van der Waals surface area (Å²) < 4.78 is 5.35. The Labute approximate surface area is 150 Å². The van der Waals surface area contributed by atoms with Crippen molar-refractivity contribution in [2.24, 2.45) is 0 Å². The zero-order chi connectivity index (χ0) is 18.1. The third kappa shape index (κ3) is 6.04. The van der Waals surface area contributed by atoms with Gasteiger partial charge in [-0.2, -0.15) is 0 Å². The number of nitrogens with one attached hydrogen (secondary N) is 2. The van der Waals surface area contributed by atoms with Crippen LogP contribution in [0, 0.1) is 0 Å². The minimum atomic E-state index is -1.17. The van der Waals surface area contributed by atoms with E-state index in [0.717, 1.165) is 4.88 Å². The van der Waals surface area contributed by atoms with Crippen LogP contribution in [0.3, 0.4) is 0 Å². The van der Waals surface area contributed by atoms with Crippen LogP contribution < -0.4 is 10.6 Å². The number of esters is 1. The van der Waals surface area contributed by atoms with Crippen molar-refractivity contribution in [3.8, 4) is 0 Å². The van der Waals surface area contributed by atoms with Crippen LogP contribution in [0.4, 0.5) is 4.79 Å². The van der Waals surface area contributed by atoms with Gasteiger partial charge in [0, 0.05) is 17.0 Å². The lowest BCUT2D eigenvalue weighted by Crippen LogP contribution is -2.42. The van der Waals surface area contributed by atoms with Crippen LogP contribution in [0.25, 0.3) is 0 Å². The van der Waals surface area contributed by atoms with Gasteiger partial charge in [-0.15, -0.1) is 11.3 Å². The van der Waals surface area contributed by atoms with Gasteiger partial charge in [0.25, 0.3) is 5.91 Å². The van der Waals surface area contributed by atoms with Gasteiger partial charge in [-0.3, -0.25) is 14.9 Å². The van der Waals surface area contributed by atoms with Gasteiger partial charge in [-0.1, -0.05) is 36.4 Å². The molecule has 7 heteroatoms. The molecule has 0 bridgehead atoms. The maximum Gasteiger partial charge on any atom is 0.321 e. The van der Waals surface area contributed by atoms with Gasteiger partial charge in [-0.25, -0.2) is 4.79 Å². The molecule has 0 aliphatic rings. The molecule has 1 heterocycles. The summed E-state index contributed by atoms with van der Waals surface area (Å²) in [5, 5.41) is 6.60. The topological polar surface area (TPSA) is 84.5 Å². The first-order valence-corrected chi connectivity index (χ1v) is 8.83. The number of rotatable bonds is 7. The Morgan fingerprint density at radius 3 is 2.52 bits per heavy atom. The average Bonchev–Trinajstić information content (AvgIpc) is 3.12. The molecule has 0 fully saturated rings. The number of amides is 3. The summed E-state index contributed by atoms with van der Waals surface area (Å²) in [5.41, 5.74) is 0.508. The Hall–Kier alpha value is -2.67. The van der Waals surface area contributed by atoms with Gasteiger partial charge < -0.3 is 10.1 Å². The molecule has 0 saturated carbocycles. The highest BCUT2D eigenvalue weighted by molar-refractivity contribution is 7.09. The summed E-state index contributed by atoms with van der Waals surface area (Å²) in [5.74, 6) is -1.17. The monoisotopic (exact) mass is 360 g/mol. The Balaban J connectivity index is 2.02. The number of aryl methyl sites for hydroxylation is 1. The molecule has 0 unspecified atom stereocenters. The zero-order valence-corrected chi connectivity index (χ0v) is 14.7. The van der Waals surface area contributed by atoms with Crippen LogP contribution in [0.5, 0.6) is 0 Å². The molecule has 2 N–H and O–H groups in total. The fraction of sp³-hybridized carbons (Fsp3) is 0.278. The number of benzene rings is 1. The summed E-state index contributed by atoms with van der Waals surface area (Å²) >= 11 is 1.56. The lowest BCUT2D eigenvalue weighted by atomic mass is 10.1. The molecule has 25 heavy (non-hydrogen) atoms. The van der Waals surface area contributed by atoms with Crippen molar-refractivity contribution >= 4 is 29.2 Å². The number of hydrogen-bond acceptors (Lipinski definition) is 5. The highest BCUT2D eigenvalue weighted by Gasteiger charge is 2.26. The number of urea groups is 1. The predicted octanol–water partition coefficient (Wildman–Crippen LogP) is 2.81. The van der Waals surface area contributed by atoms with Crippen molar-refractivity contribution in [3.05, 3.63) is 58.3 Å². The molecule has 6 nitrogen and oxygen atoms in total. The molecule has 0 radical (unpaired) electrons. The quantitative estimate of drug-likeness (QED) is 0.744. The second-order valence-electron chi connectivity index (χ2n) is 5.21. The fourth-order valence-corrected chi connectivity index (χ4v) is 2.86. The molecule has 0 saturated heterocycles. The molecule has 0 aliphatic heterocycles. The van der Waals surface area contributed by atoms with E-state index in [1.54, 1.807) is 48.6 Å². The molecule has 1 aromatic carbocycles. The number of hydrogen-bond donors (Lipinski definition) is 2. The zero-order valence-electron chi connectivity index (χ0n) is 13.9. The first-order valence-electron chi connectivity index (χ1n) is 7.95. The average molecular weight is 360 g/mol.